The van der Waals surface area contributed by atoms with E-state index >= 15 is 0 Å². The largest absolute Gasteiger partial charge is 0.469 e. The Bertz CT molecular complexity index is 914. The zero-order chi connectivity index (χ0) is 17.8. The molecule has 2 heterocycles. The van der Waals surface area contributed by atoms with Crippen molar-refractivity contribution in [2.45, 2.75) is 20.3 Å². The SMILES string of the molecule is Cc1cccc(NC(=O)Cc2csc(NC(=O)c3ccoc3C)n2)c1. The van der Waals surface area contributed by atoms with Crippen molar-refractivity contribution in [3.05, 3.63) is 64.6 Å². The minimum Gasteiger partial charge on any atom is -0.469 e. The van der Waals surface area contributed by atoms with Crippen LogP contribution < -0.4 is 10.6 Å². The second kappa shape index (κ2) is 7.31. The van der Waals surface area contributed by atoms with Gasteiger partial charge in [0.05, 0.1) is 23.9 Å². The Hall–Kier alpha value is -2.93. The minimum absolute atomic E-state index is 0.144. The Morgan fingerprint density at radius 3 is 2.76 bits per heavy atom. The van der Waals surface area contributed by atoms with Crippen LogP contribution in [-0.2, 0) is 11.2 Å². The molecule has 0 fully saturated rings. The van der Waals surface area contributed by atoms with Gasteiger partial charge in [-0.25, -0.2) is 4.98 Å². The Labute approximate surface area is 148 Å². The van der Waals surface area contributed by atoms with E-state index in [1.54, 1.807) is 18.4 Å². The Kier molecular flexibility index (Phi) is 4.95. The number of hydrogen-bond acceptors (Lipinski definition) is 5. The van der Waals surface area contributed by atoms with Crippen molar-refractivity contribution in [2.75, 3.05) is 10.6 Å². The van der Waals surface area contributed by atoms with Gasteiger partial charge in [0.1, 0.15) is 5.76 Å². The topological polar surface area (TPSA) is 84.2 Å². The zero-order valence-electron chi connectivity index (χ0n) is 13.8. The van der Waals surface area contributed by atoms with E-state index in [0.717, 1.165) is 11.3 Å². The molecule has 0 bridgehead atoms. The first kappa shape index (κ1) is 16.9. The van der Waals surface area contributed by atoms with Gasteiger partial charge in [-0.3, -0.25) is 14.9 Å². The third-order valence-electron chi connectivity index (χ3n) is 3.52. The van der Waals surface area contributed by atoms with Crippen molar-refractivity contribution in [1.82, 2.24) is 4.98 Å². The van der Waals surface area contributed by atoms with Gasteiger partial charge in [0.2, 0.25) is 5.91 Å². The molecule has 2 amide bonds. The van der Waals surface area contributed by atoms with Crippen LogP contribution in [-0.4, -0.2) is 16.8 Å². The summed E-state index contributed by atoms with van der Waals surface area (Å²) in [7, 11) is 0. The predicted molar refractivity (Wildman–Crippen MR) is 97.0 cm³/mol. The lowest BCUT2D eigenvalue weighted by Gasteiger charge is -2.04. The summed E-state index contributed by atoms with van der Waals surface area (Å²) in [5.41, 5.74) is 2.90. The summed E-state index contributed by atoms with van der Waals surface area (Å²) in [5.74, 6) is 0.114. The van der Waals surface area contributed by atoms with E-state index in [4.69, 9.17) is 4.42 Å². The highest BCUT2D eigenvalue weighted by Gasteiger charge is 2.14. The first-order valence-corrected chi connectivity index (χ1v) is 8.55. The molecule has 0 aliphatic heterocycles. The molecule has 7 heteroatoms. The van der Waals surface area contributed by atoms with Crippen LogP contribution in [0.4, 0.5) is 10.8 Å². The number of thiazole rings is 1. The maximum atomic E-state index is 12.1. The van der Waals surface area contributed by atoms with E-state index in [2.05, 4.69) is 15.6 Å². The molecule has 25 heavy (non-hydrogen) atoms. The van der Waals surface area contributed by atoms with Gasteiger partial charge in [0, 0.05) is 11.1 Å². The van der Waals surface area contributed by atoms with Crippen LogP contribution in [0.5, 0.6) is 0 Å². The molecular formula is C18H17N3O3S. The summed E-state index contributed by atoms with van der Waals surface area (Å²) in [5, 5.41) is 7.76. The number of furan rings is 1. The van der Waals surface area contributed by atoms with Crippen molar-refractivity contribution < 1.29 is 14.0 Å². The number of anilines is 2. The smallest absolute Gasteiger partial charge is 0.260 e. The van der Waals surface area contributed by atoms with Crippen LogP contribution in [0.15, 0.2) is 46.4 Å². The van der Waals surface area contributed by atoms with Gasteiger partial charge >= 0.3 is 0 Å². The highest BCUT2D eigenvalue weighted by molar-refractivity contribution is 7.14. The number of aryl methyl sites for hydroxylation is 2. The summed E-state index contributed by atoms with van der Waals surface area (Å²) in [6, 6.07) is 9.20. The van der Waals surface area contributed by atoms with Crippen LogP contribution in [0, 0.1) is 13.8 Å². The van der Waals surface area contributed by atoms with E-state index in [1.165, 1.54) is 17.6 Å². The molecular weight excluding hydrogens is 338 g/mol. The average molecular weight is 355 g/mol. The van der Waals surface area contributed by atoms with Crippen LogP contribution in [0.1, 0.15) is 27.4 Å². The monoisotopic (exact) mass is 355 g/mol. The molecule has 1 aromatic carbocycles. The molecule has 0 aliphatic carbocycles. The van der Waals surface area contributed by atoms with Crippen LogP contribution in [0.3, 0.4) is 0 Å². The number of carbonyl (C=O) groups is 2. The highest BCUT2D eigenvalue weighted by Crippen LogP contribution is 2.19. The maximum absolute atomic E-state index is 12.1. The summed E-state index contributed by atoms with van der Waals surface area (Å²) < 4.78 is 5.12. The van der Waals surface area contributed by atoms with Crippen molar-refractivity contribution in [3.63, 3.8) is 0 Å². The second-order valence-corrected chi connectivity index (χ2v) is 6.44. The van der Waals surface area contributed by atoms with E-state index in [1.807, 2.05) is 31.2 Å². The first-order valence-electron chi connectivity index (χ1n) is 7.67. The number of hydrogen-bond donors (Lipinski definition) is 2. The fraction of sp³-hybridized carbons (Fsp3) is 0.167. The minimum atomic E-state index is -0.281. The normalized spacial score (nSPS) is 10.5. The number of aromatic nitrogens is 1. The third-order valence-corrected chi connectivity index (χ3v) is 4.33. The maximum Gasteiger partial charge on any atom is 0.260 e. The fourth-order valence-corrected chi connectivity index (χ4v) is 3.03. The molecule has 0 saturated heterocycles. The van der Waals surface area contributed by atoms with E-state index in [0.29, 0.717) is 22.1 Å². The molecule has 0 radical (unpaired) electrons. The molecule has 0 spiro atoms. The van der Waals surface area contributed by atoms with Crippen LogP contribution in [0.2, 0.25) is 0 Å². The Balaban J connectivity index is 1.59. The standard InChI is InChI=1S/C18H17N3O3S/c1-11-4-3-5-13(8-11)19-16(22)9-14-10-25-18(20-14)21-17(23)15-6-7-24-12(15)2/h3-8,10H,9H2,1-2H3,(H,19,22)(H,20,21,23). The van der Waals surface area contributed by atoms with E-state index in [-0.39, 0.29) is 18.2 Å². The Morgan fingerprint density at radius 2 is 2.04 bits per heavy atom. The van der Waals surface area contributed by atoms with Gasteiger partial charge in [-0.05, 0) is 37.6 Å². The van der Waals surface area contributed by atoms with Gasteiger partial charge in [-0.15, -0.1) is 11.3 Å². The Morgan fingerprint density at radius 1 is 1.20 bits per heavy atom. The van der Waals surface area contributed by atoms with Gasteiger partial charge in [-0.1, -0.05) is 12.1 Å². The molecule has 0 aliphatic rings. The number of rotatable bonds is 5. The molecule has 0 atom stereocenters. The van der Waals surface area contributed by atoms with Crippen molar-refractivity contribution in [1.29, 1.82) is 0 Å². The van der Waals surface area contributed by atoms with E-state index < -0.39 is 0 Å². The lowest BCUT2D eigenvalue weighted by molar-refractivity contribution is -0.115. The predicted octanol–water partition coefficient (Wildman–Crippen LogP) is 3.79. The average Bonchev–Trinajstić information content (AvgIpc) is 3.16. The second-order valence-electron chi connectivity index (χ2n) is 5.58. The van der Waals surface area contributed by atoms with E-state index in [9.17, 15) is 9.59 Å². The molecule has 2 aromatic heterocycles. The number of nitrogens with one attached hydrogen (secondary N) is 2. The number of benzene rings is 1. The molecule has 3 rings (SSSR count). The summed E-state index contributed by atoms with van der Waals surface area (Å²) >= 11 is 1.28. The van der Waals surface area contributed by atoms with Gasteiger partial charge in [0.25, 0.3) is 5.91 Å². The zero-order valence-corrected chi connectivity index (χ0v) is 14.6. The molecule has 6 nitrogen and oxygen atoms in total. The van der Waals surface area contributed by atoms with Crippen molar-refractivity contribution >= 4 is 34.0 Å². The fourth-order valence-electron chi connectivity index (χ4n) is 2.32. The van der Waals surface area contributed by atoms with Crippen LogP contribution >= 0.6 is 11.3 Å². The van der Waals surface area contributed by atoms with Gasteiger partial charge in [0.15, 0.2) is 5.13 Å². The first-order chi connectivity index (χ1) is 12.0. The van der Waals surface area contributed by atoms with Crippen molar-refractivity contribution in [3.8, 4) is 0 Å². The lowest BCUT2D eigenvalue weighted by Crippen LogP contribution is -2.15. The van der Waals surface area contributed by atoms with Crippen molar-refractivity contribution in [2.24, 2.45) is 0 Å². The summed E-state index contributed by atoms with van der Waals surface area (Å²) in [6.07, 6.45) is 1.61. The molecule has 0 saturated carbocycles. The number of carbonyl (C=O) groups excluding carboxylic acids is 2. The number of amides is 2. The quantitative estimate of drug-likeness (QED) is 0.729. The molecule has 128 valence electrons. The molecule has 2 N–H and O–H groups in total. The number of nitrogens with zero attached hydrogens (tertiary/aromatic N) is 1. The molecule has 0 unspecified atom stereocenters. The van der Waals surface area contributed by atoms with Crippen LogP contribution in [0.25, 0.3) is 0 Å². The van der Waals surface area contributed by atoms with Gasteiger partial charge < -0.3 is 9.73 Å². The highest BCUT2D eigenvalue weighted by atomic mass is 32.1. The van der Waals surface area contributed by atoms with Gasteiger partial charge in [-0.2, -0.15) is 0 Å². The lowest BCUT2D eigenvalue weighted by atomic mass is 10.2. The summed E-state index contributed by atoms with van der Waals surface area (Å²) in [4.78, 5) is 28.5. The molecule has 3 aromatic rings. The summed E-state index contributed by atoms with van der Waals surface area (Å²) in [6.45, 7) is 3.69. The third kappa shape index (κ3) is 4.33.